The smallest absolute Gasteiger partial charge is 0.255 e. The zero-order valence-corrected chi connectivity index (χ0v) is 19.5. The highest BCUT2D eigenvalue weighted by atomic mass is 19.1. The number of hydrogen-bond acceptors (Lipinski definition) is 6. The molecule has 8 heteroatoms. The second kappa shape index (κ2) is 9.68. The summed E-state index contributed by atoms with van der Waals surface area (Å²) in [5, 5.41) is 0. The molecule has 178 valence electrons. The Labute approximate surface area is 202 Å². The van der Waals surface area contributed by atoms with E-state index in [0.717, 1.165) is 16.7 Å². The molecular weight excluding hydrogens is 447 g/mol. The average Bonchev–Trinajstić information content (AvgIpc) is 2.90. The topological polar surface area (TPSA) is 69.5 Å². The van der Waals surface area contributed by atoms with Crippen LogP contribution >= 0.6 is 0 Å². The maximum absolute atomic E-state index is 14.3. The number of hydrogen-bond donors (Lipinski definition) is 0. The summed E-state index contributed by atoms with van der Waals surface area (Å²) in [6.45, 7) is 1.53. The van der Waals surface area contributed by atoms with E-state index in [9.17, 15) is 9.18 Å². The van der Waals surface area contributed by atoms with Gasteiger partial charge in [-0.25, -0.2) is 9.37 Å². The zero-order valence-electron chi connectivity index (χ0n) is 19.5. The molecule has 0 saturated carbocycles. The molecule has 0 amide bonds. The number of morpholine rings is 1. The van der Waals surface area contributed by atoms with Gasteiger partial charge in [0.1, 0.15) is 17.7 Å². The molecular formula is C27H25FN4O3. The van der Waals surface area contributed by atoms with E-state index in [1.807, 2.05) is 35.2 Å². The number of benzene rings is 2. The Morgan fingerprint density at radius 3 is 2.63 bits per heavy atom. The Morgan fingerprint density at radius 1 is 1.06 bits per heavy atom. The summed E-state index contributed by atoms with van der Waals surface area (Å²) >= 11 is 0. The molecule has 4 aromatic rings. The van der Waals surface area contributed by atoms with E-state index < -0.39 is 0 Å². The fourth-order valence-electron chi connectivity index (χ4n) is 4.34. The Balaban J connectivity index is 1.47. The van der Waals surface area contributed by atoms with E-state index in [4.69, 9.17) is 14.5 Å². The molecule has 0 spiro atoms. The molecule has 5 rings (SSSR count). The van der Waals surface area contributed by atoms with E-state index in [2.05, 4.69) is 4.98 Å². The second-order valence-corrected chi connectivity index (χ2v) is 8.32. The van der Waals surface area contributed by atoms with Gasteiger partial charge in [0.2, 0.25) is 5.95 Å². The third-order valence-corrected chi connectivity index (χ3v) is 6.20. The minimum Gasteiger partial charge on any atom is -0.496 e. The third kappa shape index (κ3) is 4.52. The van der Waals surface area contributed by atoms with E-state index in [0.29, 0.717) is 42.7 Å². The molecule has 2 aromatic heterocycles. The van der Waals surface area contributed by atoms with Crippen molar-refractivity contribution in [2.24, 2.45) is 7.05 Å². The molecule has 35 heavy (non-hydrogen) atoms. The van der Waals surface area contributed by atoms with Crippen molar-refractivity contribution in [3.63, 3.8) is 0 Å². The van der Waals surface area contributed by atoms with Gasteiger partial charge in [-0.1, -0.05) is 30.3 Å². The van der Waals surface area contributed by atoms with Gasteiger partial charge in [0.15, 0.2) is 0 Å². The first-order valence-corrected chi connectivity index (χ1v) is 11.3. The van der Waals surface area contributed by atoms with Gasteiger partial charge in [-0.05, 0) is 29.8 Å². The molecule has 0 N–H and O–H groups in total. The van der Waals surface area contributed by atoms with Crippen LogP contribution in [0.25, 0.3) is 22.4 Å². The van der Waals surface area contributed by atoms with E-state index >= 15 is 0 Å². The fourth-order valence-corrected chi connectivity index (χ4v) is 4.34. The van der Waals surface area contributed by atoms with Crippen molar-refractivity contribution in [2.75, 3.05) is 31.7 Å². The zero-order chi connectivity index (χ0) is 24.4. The number of pyridine rings is 1. The Hall–Kier alpha value is -4.04. The molecule has 1 unspecified atom stereocenters. The van der Waals surface area contributed by atoms with E-state index in [1.54, 1.807) is 49.3 Å². The summed E-state index contributed by atoms with van der Waals surface area (Å²) in [4.78, 5) is 23.6. The van der Waals surface area contributed by atoms with Crippen LogP contribution in [0.3, 0.4) is 0 Å². The van der Waals surface area contributed by atoms with Gasteiger partial charge in [0.25, 0.3) is 5.56 Å². The van der Waals surface area contributed by atoms with Crippen LogP contribution in [0.4, 0.5) is 10.3 Å². The quantitative estimate of drug-likeness (QED) is 0.433. The number of nitrogens with zero attached hydrogens (tertiary/aromatic N) is 4. The van der Waals surface area contributed by atoms with Crippen molar-refractivity contribution in [3.8, 4) is 28.1 Å². The molecule has 0 radical (unpaired) electrons. The molecule has 1 saturated heterocycles. The summed E-state index contributed by atoms with van der Waals surface area (Å²) in [5.74, 6) is 0.896. The van der Waals surface area contributed by atoms with Crippen molar-refractivity contribution in [1.82, 2.24) is 14.5 Å². The predicted molar refractivity (Wildman–Crippen MR) is 132 cm³/mol. The number of ether oxygens (including phenoxy) is 2. The summed E-state index contributed by atoms with van der Waals surface area (Å²) in [6.07, 6.45) is 3.04. The minimum absolute atomic E-state index is 0.142. The molecule has 1 aliphatic rings. The largest absolute Gasteiger partial charge is 0.496 e. The standard InChI is InChI=1S/C27H25FN4O3/c1-31-26(33)16-23(18-9-11-29-12-10-18)30-27(31)32-13-14-35-25(17-32)21-8-7-19(15-24(21)34-2)20-5-3-4-6-22(20)28/h3-12,15-16,25H,13-14,17H2,1-2H3. The van der Waals surface area contributed by atoms with Gasteiger partial charge in [0.05, 0.1) is 26.0 Å². The Bertz CT molecular complexity index is 1410. The van der Waals surface area contributed by atoms with Crippen LogP contribution in [-0.4, -0.2) is 41.3 Å². The molecule has 1 aliphatic heterocycles. The van der Waals surface area contributed by atoms with Gasteiger partial charge in [-0.3, -0.25) is 14.3 Å². The lowest BCUT2D eigenvalue weighted by Crippen LogP contribution is -2.41. The highest BCUT2D eigenvalue weighted by Gasteiger charge is 2.27. The van der Waals surface area contributed by atoms with Gasteiger partial charge >= 0.3 is 0 Å². The van der Waals surface area contributed by atoms with Crippen molar-refractivity contribution in [1.29, 1.82) is 0 Å². The van der Waals surface area contributed by atoms with Crippen LogP contribution < -0.4 is 15.2 Å². The van der Waals surface area contributed by atoms with Crippen LogP contribution in [0.5, 0.6) is 5.75 Å². The number of methoxy groups -OCH3 is 1. The maximum Gasteiger partial charge on any atom is 0.255 e. The van der Waals surface area contributed by atoms with Crippen LogP contribution in [0.2, 0.25) is 0 Å². The van der Waals surface area contributed by atoms with Gasteiger partial charge in [0, 0.05) is 48.7 Å². The molecule has 0 bridgehead atoms. The SMILES string of the molecule is COc1cc(-c2ccccc2F)ccc1C1CN(c2nc(-c3ccncc3)cc(=O)n2C)CCO1. The third-order valence-electron chi connectivity index (χ3n) is 6.20. The van der Waals surface area contributed by atoms with E-state index in [1.165, 1.54) is 12.1 Å². The highest BCUT2D eigenvalue weighted by Crippen LogP contribution is 2.35. The van der Waals surface area contributed by atoms with Crippen molar-refractivity contribution >= 4 is 5.95 Å². The number of rotatable bonds is 5. The molecule has 3 heterocycles. The number of aromatic nitrogens is 3. The summed E-state index contributed by atoms with van der Waals surface area (Å²) < 4.78 is 27.6. The minimum atomic E-state index is -0.310. The molecule has 1 atom stereocenters. The summed E-state index contributed by atoms with van der Waals surface area (Å²) in [7, 11) is 3.31. The van der Waals surface area contributed by atoms with Crippen LogP contribution in [0.1, 0.15) is 11.7 Å². The summed E-state index contributed by atoms with van der Waals surface area (Å²) in [6, 6.07) is 17.4. The molecule has 7 nitrogen and oxygen atoms in total. The molecule has 0 aliphatic carbocycles. The van der Waals surface area contributed by atoms with Gasteiger partial charge in [-0.15, -0.1) is 0 Å². The van der Waals surface area contributed by atoms with E-state index in [-0.39, 0.29) is 17.5 Å². The molecule has 2 aromatic carbocycles. The van der Waals surface area contributed by atoms with Crippen molar-refractivity contribution < 1.29 is 13.9 Å². The second-order valence-electron chi connectivity index (χ2n) is 8.32. The van der Waals surface area contributed by atoms with Crippen LogP contribution in [0.15, 0.2) is 77.9 Å². The monoisotopic (exact) mass is 472 g/mol. The maximum atomic E-state index is 14.3. The molecule has 1 fully saturated rings. The highest BCUT2D eigenvalue weighted by molar-refractivity contribution is 5.67. The lowest BCUT2D eigenvalue weighted by molar-refractivity contribution is 0.0374. The first-order valence-electron chi connectivity index (χ1n) is 11.3. The average molecular weight is 473 g/mol. The van der Waals surface area contributed by atoms with Crippen LogP contribution in [0, 0.1) is 5.82 Å². The Morgan fingerprint density at radius 2 is 1.86 bits per heavy atom. The fraction of sp³-hybridized carbons (Fsp3) is 0.222. The first kappa shape index (κ1) is 22.7. The van der Waals surface area contributed by atoms with Crippen molar-refractivity contribution in [3.05, 3.63) is 94.8 Å². The number of halogens is 1. The van der Waals surface area contributed by atoms with Gasteiger partial charge < -0.3 is 14.4 Å². The lowest BCUT2D eigenvalue weighted by atomic mass is 9.99. The number of anilines is 1. The van der Waals surface area contributed by atoms with Crippen molar-refractivity contribution in [2.45, 2.75) is 6.10 Å². The van der Waals surface area contributed by atoms with Gasteiger partial charge in [-0.2, -0.15) is 0 Å². The van der Waals surface area contributed by atoms with Crippen LogP contribution in [-0.2, 0) is 11.8 Å². The Kier molecular flexibility index (Phi) is 6.29. The normalized spacial score (nSPS) is 15.7. The first-order chi connectivity index (χ1) is 17.0. The lowest BCUT2D eigenvalue weighted by Gasteiger charge is -2.35. The summed E-state index contributed by atoms with van der Waals surface area (Å²) in [5.41, 5.74) is 3.37. The predicted octanol–water partition coefficient (Wildman–Crippen LogP) is 4.23.